The van der Waals surface area contributed by atoms with Crippen LogP contribution >= 0.6 is 0 Å². The molecule has 2 atom stereocenters. The number of carbonyl (C=O) groups is 2. The van der Waals surface area contributed by atoms with E-state index in [9.17, 15) is 9.59 Å². The molecule has 1 heterocycles. The molecule has 1 saturated carbocycles. The van der Waals surface area contributed by atoms with Gasteiger partial charge in [-0.1, -0.05) is 0 Å². The molecule has 17 heavy (non-hydrogen) atoms. The molecule has 96 valence electrons. The van der Waals surface area contributed by atoms with Crippen molar-refractivity contribution in [2.45, 2.75) is 32.2 Å². The molecule has 0 aromatic heterocycles. The Hall–Kier alpha value is -1.10. The van der Waals surface area contributed by atoms with E-state index in [2.05, 4.69) is 5.32 Å². The summed E-state index contributed by atoms with van der Waals surface area (Å²) in [6.07, 6.45) is 2.74. The average Bonchev–Trinajstić information content (AvgIpc) is 3.03. The molecule has 2 aliphatic rings. The van der Waals surface area contributed by atoms with Crippen molar-refractivity contribution in [3.05, 3.63) is 0 Å². The third kappa shape index (κ3) is 3.19. The molecule has 5 heteroatoms. The van der Waals surface area contributed by atoms with Crippen LogP contribution < -0.4 is 5.32 Å². The zero-order chi connectivity index (χ0) is 12.4. The highest BCUT2D eigenvalue weighted by atomic mass is 16.3. The zero-order valence-corrected chi connectivity index (χ0v) is 10.2. The van der Waals surface area contributed by atoms with E-state index >= 15 is 0 Å². The quantitative estimate of drug-likeness (QED) is 0.695. The largest absolute Gasteiger partial charge is 0.394 e. The van der Waals surface area contributed by atoms with E-state index in [0.29, 0.717) is 18.9 Å². The first-order chi connectivity index (χ1) is 8.10. The first-order valence-electron chi connectivity index (χ1n) is 6.29. The van der Waals surface area contributed by atoms with Crippen LogP contribution in [0.15, 0.2) is 0 Å². The molecule has 0 radical (unpaired) electrons. The molecule has 1 saturated heterocycles. The number of nitrogens with zero attached hydrogens (tertiary/aromatic N) is 1. The van der Waals surface area contributed by atoms with E-state index in [1.165, 1.54) is 12.8 Å². The Morgan fingerprint density at radius 2 is 2.29 bits per heavy atom. The standard InChI is InChI=1S/C12H20N2O3/c1-8(7-15)13-12(17)10-4-11(16)14(6-10)5-9-2-3-9/h8-10,15H,2-7H2,1H3,(H,13,17)/t8-,10?/m0/s1. The predicted molar refractivity (Wildman–Crippen MR) is 62.1 cm³/mol. The maximum atomic E-state index is 11.8. The fourth-order valence-electron chi connectivity index (χ4n) is 2.14. The molecule has 1 aliphatic carbocycles. The summed E-state index contributed by atoms with van der Waals surface area (Å²) in [5.74, 6) is 0.402. The van der Waals surface area contributed by atoms with Gasteiger partial charge in [0.2, 0.25) is 11.8 Å². The van der Waals surface area contributed by atoms with Gasteiger partial charge in [0, 0.05) is 25.6 Å². The van der Waals surface area contributed by atoms with Crippen LogP contribution in [-0.2, 0) is 9.59 Å². The number of amides is 2. The number of hydrogen-bond acceptors (Lipinski definition) is 3. The molecule has 2 amide bonds. The Kier molecular flexibility index (Phi) is 3.66. The number of aliphatic hydroxyl groups is 1. The van der Waals surface area contributed by atoms with Crippen molar-refractivity contribution in [3.8, 4) is 0 Å². The Morgan fingerprint density at radius 1 is 1.59 bits per heavy atom. The summed E-state index contributed by atoms with van der Waals surface area (Å²) < 4.78 is 0. The van der Waals surface area contributed by atoms with Crippen LogP contribution in [0.25, 0.3) is 0 Å². The lowest BCUT2D eigenvalue weighted by Crippen LogP contribution is -2.40. The number of likely N-dealkylation sites (tertiary alicyclic amines) is 1. The fraction of sp³-hybridized carbons (Fsp3) is 0.833. The summed E-state index contributed by atoms with van der Waals surface area (Å²) in [5.41, 5.74) is 0. The summed E-state index contributed by atoms with van der Waals surface area (Å²) in [5, 5.41) is 11.6. The minimum atomic E-state index is -0.241. The summed E-state index contributed by atoms with van der Waals surface area (Å²) in [6, 6.07) is -0.241. The summed E-state index contributed by atoms with van der Waals surface area (Å²) in [7, 11) is 0. The lowest BCUT2D eigenvalue weighted by molar-refractivity contribution is -0.129. The number of hydrogen-bond donors (Lipinski definition) is 2. The highest BCUT2D eigenvalue weighted by Gasteiger charge is 2.37. The SMILES string of the molecule is C[C@@H](CO)NC(=O)C1CC(=O)N(CC2CC2)C1. The predicted octanol–water partition coefficient (Wildman–Crippen LogP) is -0.258. The van der Waals surface area contributed by atoms with Gasteiger partial charge in [-0.15, -0.1) is 0 Å². The van der Waals surface area contributed by atoms with E-state index in [1.807, 2.05) is 4.90 Å². The van der Waals surface area contributed by atoms with Gasteiger partial charge in [0.15, 0.2) is 0 Å². The minimum absolute atomic E-state index is 0.0712. The number of aliphatic hydroxyl groups excluding tert-OH is 1. The van der Waals surface area contributed by atoms with Gasteiger partial charge in [-0.25, -0.2) is 0 Å². The Balaban J connectivity index is 1.82. The second kappa shape index (κ2) is 5.04. The summed E-state index contributed by atoms with van der Waals surface area (Å²) in [4.78, 5) is 25.3. The molecule has 2 fully saturated rings. The molecule has 0 bridgehead atoms. The molecule has 1 unspecified atom stereocenters. The summed E-state index contributed by atoms with van der Waals surface area (Å²) >= 11 is 0. The first kappa shape index (κ1) is 12.4. The molecule has 2 rings (SSSR count). The van der Waals surface area contributed by atoms with E-state index in [4.69, 9.17) is 5.11 Å². The Bertz CT molecular complexity index is 315. The maximum absolute atomic E-state index is 11.8. The van der Waals surface area contributed by atoms with Crippen LogP contribution in [0.4, 0.5) is 0 Å². The normalized spacial score (nSPS) is 26.1. The van der Waals surface area contributed by atoms with Gasteiger partial charge in [-0.3, -0.25) is 9.59 Å². The van der Waals surface area contributed by atoms with Crippen LogP contribution in [0.5, 0.6) is 0 Å². The first-order valence-corrected chi connectivity index (χ1v) is 6.29. The lowest BCUT2D eigenvalue weighted by Gasteiger charge is -2.17. The topological polar surface area (TPSA) is 69.6 Å². The van der Waals surface area contributed by atoms with E-state index < -0.39 is 0 Å². The van der Waals surface area contributed by atoms with Crippen molar-refractivity contribution in [3.63, 3.8) is 0 Å². The van der Waals surface area contributed by atoms with Crippen LogP contribution in [0.3, 0.4) is 0 Å². The van der Waals surface area contributed by atoms with Gasteiger partial charge in [-0.2, -0.15) is 0 Å². The molecule has 5 nitrogen and oxygen atoms in total. The maximum Gasteiger partial charge on any atom is 0.225 e. The third-order valence-electron chi connectivity index (χ3n) is 3.42. The summed E-state index contributed by atoms with van der Waals surface area (Å²) in [6.45, 7) is 3.03. The average molecular weight is 240 g/mol. The monoisotopic (exact) mass is 240 g/mol. The molecule has 1 aliphatic heterocycles. The zero-order valence-electron chi connectivity index (χ0n) is 10.2. The van der Waals surface area contributed by atoms with Crippen molar-refractivity contribution in [1.82, 2.24) is 10.2 Å². The highest BCUT2D eigenvalue weighted by molar-refractivity contribution is 5.89. The highest BCUT2D eigenvalue weighted by Crippen LogP contribution is 2.31. The smallest absolute Gasteiger partial charge is 0.225 e. The van der Waals surface area contributed by atoms with E-state index in [1.54, 1.807) is 6.92 Å². The van der Waals surface area contributed by atoms with Crippen molar-refractivity contribution in [2.24, 2.45) is 11.8 Å². The lowest BCUT2D eigenvalue weighted by atomic mass is 10.1. The number of nitrogens with one attached hydrogen (secondary N) is 1. The number of rotatable bonds is 5. The molecular formula is C12H20N2O3. The van der Waals surface area contributed by atoms with Gasteiger partial charge in [0.1, 0.15) is 0 Å². The van der Waals surface area contributed by atoms with Crippen LogP contribution in [0, 0.1) is 11.8 Å². The van der Waals surface area contributed by atoms with Gasteiger partial charge < -0.3 is 15.3 Å². The second-order valence-corrected chi connectivity index (χ2v) is 5.24. The van der Waals surface area contributed by atoms with Gasteiger partial charge >= 0.3 is 0 Å². The van der Waals surface area contributed by atoms with Crippen molar-refractivity contribution in [2.75, 3.05) is 19.7 Å². The molecule has 0 spiro atoms. The van der Waals surface area contributed by atoms with Gasteiger partial charge in [0.05, 0.1) is 12.5 Å². The van der Waals surface area contributed by atoms with Crippen LogP contribution in [0.1, 0.15) is 26.2 Å². The second-order valence-electron chi connectivity index (χ2n) is 5.24. The van der Waals surface area contributed by atoms with Crippen molar-refractivity contribution >= 4 is 11.8 Å². The Morgan fingerprint density at radius 3 is 2.88 bits per heavy atom. The van der Waals surface area contributed by atoms with E-state index in [-0.39, 0.29) is 30.4 Å². The molecule has 0 aromatic carbocycles. The Labute approximate surface area is 101 Å². The van der Waals surface area contributed by atoms with Crippen LogP contribution in [-0.4, -0.2) is 47.6 Å². The van der Waals surface area contributed by atoms with Crippen LogP contribution in [0.2, 0.25) is 0 Å². The van der Waals surface area contributed by atoms with Gasteiger partial charge in [-0.05, 0) is 25.7 Å². The minimum Gasteiger partial charge on any atom is -0.394 e. The number of carbonyl (C=O) groups excluding carboxylic acids is 2. The van der Waals surface area contributed by atoms with Crippen molar-refractivity contribution in [1.29, 1.82) is 0 Å². The molecule has 0 aromatic rings. The van der Waals surface area contributed by atoms with E-state index in [0.717, 1.165) is 6.54 Å². The molecule has 2 N–H and O–H groups in total. The third-order valence-corrected chi connectivity index (χ3v) is 3.42. The fourth-order valence-corrected chi connectivity index (χ4v) is 2.14. The molecular weight excluding hydrogens is 220 g/mol. The van der Waals surface area contributed by atoms with Crippen molar-refractivity contribution < 1.29 is 14.7 Å². The van der Waals surface area contributed by atoms with Gasteiger partial charge in [0.25, 0.3) is 0 Å².